The lowest BCUT2D eigenvalue weighted by Crippen LogP contribution is -2.23. The fraction of sp³-hybridized carbons (Fsp3) is 0.538. The third kappa shape index (κ3) is 1.46. The van der Waals surface area contributed by atoms with Crippen LogP contribution in [0, 0.1) is 6.92 Å². The topological polar surface area (TPSA) is 12.0 Å². The molecule has 14 heavy (non-hydrogen) atoms. The SMILES string of the molecule is CNC1CCC(C)c2c(C)cccc21. The van der Waals surface area contributed by atoms with Crippen molar-refractivity contribution < 1.29 is 0 Å². The van der Waals surface area contributed by atoms with E-state index in [-0.39, 0.29) is 0 Å². The smallest absolute Gasteiger partial charge is 0.0320 e. The lowest BCUT2D eigenvalue weighted by molar-refractivity contribution is 0.458. The summed E-state index contributed by atoms with van der Waals surface area (Å²) in [6, 6.07) is 7.25. The Morgan fingerprint density at radius 2 is 2.07 bits per heavy atom. The number of benzene rings is 1. The molecular weight excluding hydrogens is 170 g/mol. The average molecular weight is 189 g/mol. The van der Waals surface area contributed by atoms with E-state index in [2.05, 4.69) is 44.4 Å². The highest BCUT2D eigenvalue weighted by Crippen LogP contribution is 2.38. The summed E-state index contributed by atoms with van der Waals surface area (Å²) in [5.74, 6) is 0.732. The second kappa shape index (κ2) is 3.74. The summed E-state index contributed by atoms with van der Waals surface area (Å²) < 4.78 is 0. The molecule has 2 rings (SSSR count). The van der Waals surface area contributed by atoms with Crippen LogP contribution in [-0.2, 0) is 0 Å². The van der Waals surface area contributed by atoms with E-state index in [0.29, 0.717) is 6.04 Å². The molecule has 0 spiro atoms. The summed E-state index contributed by atoms with van der Waals surface area (Å²) in [7, 11) is 2.06. The molecule has 0 amide bonds. The molecule has 0 aromatic heterocycles. The zero-order valence-electron chi connectivity index (χ0n) is 9.30. The molecule has 0 aliphatic heterocycles. The first-order valence-corrected chi connectivity index (χ1v) is 5.50. The Bertz CT molecular complexity index is 330. The van der Waals surface area contributed by atoms with Crippen LogP contribution in [0.4, 0.5) is 0 Å². The molecule has 1 aromatic rings. The van der Waals surface area contributed by atoms with Gasteiger partial charge in [0.2, 0.25) is 0 Å². The van der Waals surface area contributed by atoms with Crippen LogP contribution < -0.4 is 5.32 Å². The fourth-order valence-electron chi connectivity index (χ4n) is 2.70. The van der Waals surface area contributed by atoms with Crippen LogP contribution in [0.2, 0.25) is 0 Å². The number of nitrogens with one attached hydrogen (secondary N) is 1. The minimum Gasteiger partial charge on any atom is -0.313 e. The summed E-state index contributed by atoms with van der Waals surface area (Å²) in [5, 5.41) is 3.41. The summed E-state index contributed by atoms with van der Waals surface area (Å²) in [6.07, 6.45) is 2.58. The Kier molecular flexibility index (Phi) is 2.60. The minimum absolute atomic E-state index is 0.570. The van der Waals surface area contributed by atoms with Crippen LogP contribution in [0.5, 0.6) is 0 Å². The van der Waals surface area contributed by atoms with Crippen molar-refractivity contribution in [3.8, 4) is 0 Å². The molecule has 0 fully saturated rings. The van der Waals surface area contributed by atoms with Gasteiger partial charge in [0, 0.05) is 6.04 Å². The lowest BCUT2D eigenvalue weighted by Gasteiger charge is -2.30. The van der Waals surface area contributed by atoms with Crippen LogP contribution in [0.25, 0.3) is 0 Å². The normalized spacial score (nSPS) is 25.9. The molecule has 0 bridgehead atoms. The van der Waals surface area contributed by atoms with Gasteiger partial charge in [0.15, 0.2) is 0 Å². The number of rotatable bonds is 1. The van der Waals surface area contributed by atoms with E-state index in [4.69, 9.17) is 0 Å². The molecule has 0 radical (unpaired) electrons. The maximum absolute atomic E-state index is 3.41. The fourth-order valence-corrected chi connectivity index (χ4v) is 2.70. The number of hydrogen-bond donors (Lipinski definition) is 1. The van der Waals surface area contributed by atoms with Gasteiger partial charge >= 0.3 is 0 Å². The van der Waals surface area contributed by atoms with Crippen LogP contribution in [0.15, 0.2) is 18.2 Å². The van der Waals surface area contributed by atoms with Gasteiger partial charge in [-0.1, -0.05) is 25.1 Å². The van der Waals surface area contributed by atoms with E-state index < -0.39 is 0 Å². The van der Waals surface area contributed by atoms with Gasteiger partial charge in [0.1, 0.15) is 0 Å². The van der Waals surface area contributed by atoms with Gasteiger partial charge in [0.05, 0.1) is 0 Å². The summed E-state index contributed by atoms with van der Waals surface area (Å²) >= 11 is 0. The van der Waals surface area contributed by atoms with Gasteiger partial charge in [-0.25, -0.2) is 0 Å². The van der Waals surface area contributed by atoms with Crippen molar-refractivity contribution >= 4 is 0 Å². The Morgan fingerprint density at radius 1 is 1.29 bits per heavy atom. The highest BCUT2D eigenvalue weighted by molar-refractivity contribution is 5.40. The van der Waals surface area contributed by atoms with Gasteiger partial charge < -0.3 is 5.32 Å². The van der Waals surface area contributed by atoms with Crippen molar-refractivity contribution in [2.75, 3.05) is 7.05 Å². The largest absolute Gasteiger partial charge is 0.313 e. The third-order valence-corrected chi connectivity index (χ3v) is 3.46. The van der Waals surface area contributed by atoms with E-state index >= 15 is 0 Å². The molecule has 0 saturated carbocycles. The van der Waals surface area contributed by atoms with Gasteiger partial charge in [-0.2, -0.15) is 0 Å². The number of hydrogen-bond acceptors (Lipinski definition) is 1. The average Bonchev–Trinajstić information content (AvgIpc) is 2.18. The van der Waals surface area contributed by atoms with Crippen LogP contribution >= 0.6 is 0 Å². The minimum atomic E-state index is 0.570. The first-order valence-electron chi connectivity index (χ1n) is 5.50. The van der Waals surface area contributed by atoms with Crippen molar-refractivity contribution in [1.29, 1.82) is 0 Å². The van der Waals surface area contributed by atoms with Crippen molar-refractivity contribution in [2.45, 2.75) is 38.6 Å². The second-order valence-corrected chi connectivity index (χ2v) is 4.40. The van der Waals surface area contributed by atoms with E-state index in [1.165, 1.54) is 24.0 Å². The van der Waals surface area contributed by atoms with Crippen molar-refractivity contribution in [3.05, 3.63) is 34.9 Å². The number of fused-ring (bicyclic) bond motifs is 1. The molecule has 2 atom stereocenters. The molecule has 1 aliphatic rings. The quantitative estimate of drug-likeness (QED) is 0.715. The molecule has 1 N–H and O–H groups in total. The Hall–Kier alpha value is -0.820. The second-order valence-electron chi connectivity index (χ2n) is 4.40. The van der Waals surface area contributed by atoms with Gasteiger partial charge in [-0.05, 0) is 49.4 Å². The highest BCUT2D eigenvalue weighted by Gasteiger charge is 2.24. The van der Waals surface area contributed by atoms with E-state index in [0.717, 1.165) is 5.92 Å². The summed E-state index contributed by atoms with van der Waals surface area (Å²) in [4.78, 5) is 0. The molecule has 1 heteroatoms. The maximum Gasteiger partial charge on any atom is 0.0320 e. The van der Waals surface area contributed by atoms with Crippen LogP contribution in [0.1, 0.15) is 48.4 Å². The lowest BCUT2D eigenvalue weighted by atomic mass is 9.79. The Morgan fingerprint density at radius 3 is 2.79 bits per heavy atom. The summed E-state index contributed by atoms with van der Waals surface area (Å²) in [5.41, 5.74) is 4.55. The third-order valence-electron chi connectivity index (χ3n) is 3.46. The first kappa shape index (κ1) is 9.72. The van der Waals surface area contributed by atoms with Gasteiger partial charge in [-0.15, -0.1) is 0 Å². The van der Waals surface area contributed by atoms with E-state index in [1.54, 1.807) is 5.56 Å². The Balaban J connectivity index is 2.50. The number of aryl methyl sites for hydroxylation is 1. The highest BCUT2D eigenvalue weighted by atomic mass is 14.9. The molecule has 0 heterocycles. The standard InChI is InChI=1S/C13H19N/c1-9-5-4-6-11-12(14-3)8-7-10(2)13(9)11/h4-6,10,12,14H,7-8H2,1-3H3. The van der Waals surface area contributed by atoms with E-state index in [1.807, 2.05) is 0 Å². The maximum atomic E-state index is 3.41. The van der Waals surface area contributed by atoms with E-state index in [9.17, 15) is 0 Å². The predicted molar refractivity (Wildman–Crippen MR) is 60.6 cm³/mol. The Labute approximate surface area is 86.5 Å². The molecule has 2 unspecified atom stereocenters. The predicted octanol–water partition coefficient (Wildman–Crippen LogP) is 3.15. The van der Waals surface area contributed by atoms with Gasteiger partial charge in [0.25, 0.3) is 0 Å². The molecule has 1 aromatic carbocycles. The zero-order valence-corrected chi connectivity index (χ0v) is 9.30. The van der Waals surface area contributed by atoms with Crippen molar-refractivity contribution in [1.82, 2.24) is 5.32 Å². The molecule has 76 valence electrons. The molecule has 0 saturated heterocycles. The molecule has 1 aliphatic carbocycles. The zero-order chi connectivity index (χ0) is 10.1. The summed E-state index contributed by atoms with van der Waals surface area (Å²) in [6.45, 7) is 4.57. The molecular formula is C13H19N. The molecule has 1 nitrogen and oxygen atoms in total. The first-order chi connectivity index (χ1) is 6.74. The van der Waals surface area contributed by atoms with Crippen LogP contribution in [-0.4, -0.2) is 7.05 Å². The monoisotopic (exact) mass is 189 g/mol. The van der Waals surface area contributed by atoms with Crippen LogP contribution in [0.3, 0.4) is 0 Å². The van der Waals surface area contributed by atoms with Crippen molar-refractivity contribution in [3.63, 3.8) is 0 Å². The van der Waals surface area contributed by atoms with Crippen molar-refractivity contribution in [2.24, 2.45) is 0 Å². The van der Waals surface area contributed by atoms with Gasteiger partial charge in [-0.3, -0.25) is 0 Å².